The lowest BCUT2D eigenvalue weighted by molar-refractivity contribution is 0.0695. The summed E-state index contributed by atoms with van der Waals surface area (Å²) in [6.07, 6.45) is 0. The maximum absolute atomic E-state index is 10.8. The number of carbonyl (C=O) groups is 1. The smallest absolute Gasteiger partial charge is 0.336 e. The Kier molecular flexibility index (Phi) is 3.46. The fourth-order valence-corrected chi connectivity index (χ4v) is 1.34. The third-order valence-electron chi connectivity index (χ3n) is 1.90. The first-order valence-corrected chi connectivity index (χ1v) is 4.42. The molecule has 0 heterocycles. The van der Waals surface area contributed by atoms with Gasteiger partial charge in [-0.05, 0) is 17.7 Å². The van der Waals surface area contributed by atoms with Gasteiger partial charge in [-0.25, -0.2) is 4.79 Å². The van der Waals surface area contributed by atoms with Crippen LogP contribution in [0.15, 0.2) is 18.2 Å². The summed E-state index contributed by atoms with van der Waals surface area (Å²) in [6, 6.07) is 4.08. The van der Waals surface area contributed by atoms with Crippen LogP contribution < -0.4 is 11.5 Å². The standard InChI is InChI=1S/C9H11ClN2O2/c10-5-1-2-6(8(12)4-11)7(3-5)9(13)14/h1-3,8H,4,11-12H2,(H,13,14). The van der Waals surface area contributed by atoms with E-state index in [1.165, 1.54) is 6.07 Å². The molecule has 1 rings (SSSR count). The molecule has 5 N–H and O–H groups in total. The highest BCUT2D eigenvalue weighted by molar-refractivity contribution is 6.30. The van der Waals surface area contributed by atoms with Crippen molar-refractivity contribution < 1.29 is 9.90 Å². The normalized spacial score (nSPS) is 12.5. The number of rotatable bonds is 3. The molecule has 0 radical (unpaired) electrons. The highest BCUT2D eigenvalue weighted by Gasteiger charge is 2.14. The highest BCUT2D eigenvalue weighted by Crippen LogP contribution is 2.20. The Balaban J connectivity index is 3.21. The fraction of sp³-hybridized carbons (Fsp3) is 0.222. The van der Waals surface area contributed by atoms with Crippen LogP contribution in [0.25, 0.3) is 0 Å². The van der Waals surface area contributed by atoms with Crippen LogP contribution in [0.1, 0.15) is 22.0 Å². The second-order valence-electron chi connectivity index (χ2n) is 2.88. The number of halogens is 1. The van der Waals surface area contributed by atoms with Gasteiger partial charge in [-0.1, -0.05) is 17.7 Å². The number of aromatic carboxylic acids is 1. The number of hydrogen-bond donors (Lipinski definition) is 3. The first-order chi connectivity index (χ1) is 6.56. The Morgan fingerprint density at radius 2 is 2.21 bits per heavy atom. The van der Waals surface area contributed by atoms with Crippen molar-refractivity contribution in [1.82, 2.24) is 0 Å². The average Bonchev–Trinajstić information content (AvgIpc) is 2.16. The number of carboxylic acid groups (broad SMARTS) is 1. The van der Waals surface area contributed by atoms with E-state index in [4.69, 9.17) is 28.2 Å². The van der Waals surface area contributed by atoms with E-state index in [-0.39, 0.29) is 12.1 Å². The number of benzene rings is 1. The number of hydrogen-bond acceptors (Lipinski definition) is 3. The quantitative estimate of drug-likeness (QED) is 0.700. The van der Waals surface area contributed by atoms with Crippen LogP contribution in [0, 0.1) is 0 Å². The molecule has 0 aliphatic carbocycles. The monoisotopic (exact) mass is 214 g/mol. The molecule has 0 bridgehead atoms. The molecule has 0 fully saturated rings. The van der Waals surface area contributed by atoms with Gasteiger partial charge in [0.05, 0.1) is 5.56 Å². The Morgan fingerprint density at radius 3 is 2.71 bits per heavy atom. The lowest BCUT2D eigenvalue weighted by atomic mass is 10.0. The summed E-state index contributed by atoms with van der Waals surface area (Å²) in [4.78, 5) is 10.8. The van der Waals surface area contributed by atoms with E-state index in [9.17, 15) is 4.79 Å². The largest absolute Gasteiger partial charge is 0.478 e. The molecule has 0 aromatic heterocycles. The summed E-state index contributed by atoms with van der Waals surface area (Å²) < 4.78 is 0. The van der Waals surface area contributed by atoms with Gasteiger partial charge in [-0.15, -0.1) is 0 Å². The van der Waals surface area contributed by atoms with Gasteiger partial charge in [0, 0.05) is 17.6 Å². The summed E-state index contributed by atoms with van der Waals surface area (Å²) >= 11 is 5.67. The second-order valence-corrected chi connectivity index (χ2v) is 3.32. The summed E-state index contributed by atoms with van der Waals surface area (Å²) in [6.45, 7) is 0.196. The topological polar surface area (TPSA) is 89.3 Å². The van der Waals surface area contributed by atoms with E-state index in [1.54, 1.807) is 12.1 Å². The van der Waals surface area contributed by atoms with E-state index in [1.807, 2.05) is 0 Å². The lowest BCUT2D eigenvalue weighted by Gasteiger charge is -2.12. The van der Waals surface area contributed by atoms with Crippen molar-refractivity contribution >= 4 is 17.6 Å². The molecule has 5 heteroatoms. The van der Waals surface area contributed by atoms with Gasteiger partial charge in [0.2, 0.25) is 0 Å². The van der Waals surface area contributed by atoms with Gasteiger partial charge >= 0.3 is 5.97 Å². The zero-order valence-corrected chi connectivity index (χ0v) is 8.16. The van der Waals surface area contributed by atoms with Crippen LogP contribution in [-0.2, 0) is 0 Å². The van der Waals surface area contributed by atoms with Crippen LogP contribution in [-0.4, -0.2) is 17.6 Å². The molecule has 0 amide bonds. The van der Waals surface area contributed by atoms with Gasteiger partial charge in [0.25, 0.3) is 0 Å². The van der Waals surface area contributed by atoms with Gasteiger partial charge in [0.15, 0.2) is 0 Å². The third-order valence-corrected chi connectivity index (χ3v) is 2.13. The molecule has 0 saturated heterocycles. The van der Waals surface area contributed by atoms with Crippen molar-refractivity contribution in [2.45, 2.75) is 6.04 Å². The maximum Gasteiger partial charge on any atom is 0.336 e. The molecule has 14 heavy (non-hydrogen) atoms. The summed E-state index contributed by atoms with van der Waals surface area (Å²) in [5.41, 5.74) is 11.6. The molecular weight excluding hydrogens is 204 g/mol. The molecule has 1 atom stereocenters. The number of carboxylic acids is 1. The predicted octanol–water partition coefficient (Wildman–Crippen LogP) is 0.997. The second kappa shape index (κ2) is 4.41. The first kappa shape index (κ1) is 11.0. The summed E-state index contributed by atoms with van der Waals surface area (Å²) in [5, 5.41) is 9.25. The average molecular weight is 215 g/mol. The Hall–Kier alpha value is -1.10. The Labute approximate surface area is 86.5 Å². The van der Waals surface area contributed by atoms with Crippen molar-refractivity contribution in [3.8, 4) is 0 Å². The zero-order valence-electron chi connectivity index (χ0n) is 7.40. The van der Waals surface area contributed by atoms with E-state index < -0.39 is 12.0 Å². The molecule has 4 nitrogen and oxygen atoms in total. The first-order valence-electron chi connectivity index (χ1n) is 4.04. The molecule has 1 unspecified atom stereocenters. The summed E-state index contributed by atoms with van der Waals surface area (Å²) in [7, 11) is 0. The fourth-order valence-electron chi connectivity index (χ4n) is 1.16. The van der Waals surface area contributed by atoms with E-state index in [2.05, 4.69) is 0 Å². The summed E-state index contributed by atoms with van der Waals surface area (Å²) in [5.74, 6) is -1.05. The SMILES string of the molecule is NCC(N)c1ccc(Cl)cc1C(=O)O. The molecule has 0 saturated carbocycles. The minimum absolute atomic E-state index is 0.107. The van der Waals surface area contributed by atoms with Crippen LogP contribution in [0.2, 0.25) is 5.02 Å². The van der Waals surface area contributed by atoms with E-state index >= 15 is 0 Å². The molecule has 0 aliphatic heterocycles. The van der Waals surface area contributed by atoms with Gasteiger partial charge in [-0.2, -0.15) is 0 Å². The van der Waals surface area contributed by atoms with Crippen molar-refractivity contribution in [1.29, 1.82) is 0 Å². The van der Waals surface area contributed by atoms with Gasteiger partial charge < -0.3 is 16.6 Å². The minimum atomic E-state index is -1.05. The minimum Gasteiger partial charge on any atom is -0.478 e. The Bertz CT molecular complexity index is 355. The zero-order chi connectivity index (χ0) is 10.7. The molecule has 0 aliphatic rings. The molecule has 76 valence electrons. The van der Waals surface area contributed by atoms with Crippen LogP contribution in [0.5, 0.6) is 0 Å². The van der Waals surface area contributed by atoms with Crippen molar-refractivity contribution in [2.75, 3.05) is 6.54 Å². The van der Waals surface area contributed by atoms with Gasteiger partial charge in [0.1, 0.15) is 0 Å². The van der Waals surface area contributed by atoms with Crippen molar-refractivity contribution in [3.63, 3.8) is 0 Å². The van der Waals surface area contributed by atoms with Crippen molar-refractivity contribution in [3.05, 3.63) is 34.3 Å². The van der Waals surface area contributed by atoms with Crippen LogP contribution >= 0.6 is 11.6 Å². The Morgan fingerprint density at radius 1 is 1.57 bits per heavy atom. The van der Waals surface area contributed by atoms with E-state index in [0.717, 1.165) is 0 Å². The molecule has 0 spiro atoms. The lowest BCUT2D eigenvalue weighted by Crippen LogP contribution is -2.23. The van der Waals surface area contributed by atoms with Crippen LogP contribution in [0.4, 0.5) is 0 Å². The van der Waals surface area contributed by atoms with Gasteiger partial charge in [-0.3, -0.25) is 0 Å². The molecular formula is C9H11ClN2O2. The molecule has 1 aromatic rings. The number of nitrogens with two attached hydrogens (primary N) is 2. The van der Waals surface area contributed by atoms with Crippen molar-refractivity contribution in [2.24, 2.45) is 11.5 Å². The van der Waals surface area contributed by atoms with Crippen LogP contribution in [0.3, 0.4) is 0 Å². The maximum atomic E-state index is 10.8. The molecule has 1 aromatic carbocycles. The van der Waals surface area contributed by atoms with E-state index in [0.29, 0.717) is 10.6 Å². The highest BCUT2D eigenvalue weighted by atomic mass is 35.5. The third kappa shape index (κ3) is 2.23. The predicted molar refractivity (Wildman–Crippen MR) is 54.4 cm³/mol.